The van der Waals surface area contributed by atoms with Gasteiger partial charge in [-0.2, -0.15) is 16.8 Å². The van der Waals surface area contributed by atoms with Crippen molar-refractivity contribution in [2.75, 3.05) is 19.1 Å². The molecule has 7 nitrogen and oxygen atoms in total. The number of likely N-dealkylation sites (tertiary alicyclic amines) is 1. The zero-order valence-corrected chi connectivity index (χ0v) is 20.5. The molecule has 1 saturated carbocycles. The molecular weight excluding hydrogens is 438 g/mol. The predicted octanol–water partition coefficient (Wildman–Crippen LogP) is 3.62. The van der Waals surface area contributed by atoms with Crippen molar-refractivity contribution in [2.24, 2.45) is 5.41 Å². The Balaban J connectivity index is 2.09. The van der Waals surface area contributed by atoms with Crippen molar-refractivity contribution in [3.8, 4) is 0 Å². The maximum atomic E-state index is 12.2. The van der Waals surface area contributed by atoms with Crippen LogP contribution in [0.2, 0.25) is 0 Å². The fourth-order valence-electron chi connectivity index (χ4n) is 5.61. The van der Waals surface area contributed by atoms with Crippen LogP contribution in [0.5, 0.6) is 0 Å². The lowest BCUT2D eigenvalue weighted by molar-refractivity contribution is -0.107. The molecule has 1 heterocycles. The van der Waals surface area contributed by atoms with E-state index in [1.165, 1.54) is 0 Å². The molecule has 176 valence electrons. The summed E-state index contributed by atoms with van der Waals surface area (Å²) < 4.78 is 59.5. The van der Waals surface area contributed by atoms with E-state index in [0.717, 1.165) is 50.2 Å². The van der Waals surface area contributed by atoms with Gasteiger partial charge >= 0.3 is 0 Å². The summed E-state index contributed by atoms with van der Waals surface area (Å²) in [5.74, 6) is 0. The van der Waals surface area contributed by atoms with Crippen molar-refractivity contribution >= 4 is 20.2 Å². The molecule has 1 aromatic rings. The summed E-state index contributed by atoms with van der Waals surface area (Å²) in [5, 5.41) is 0. The molecule has 31 heavy (non-hydrogen) atoms. The normalized spacial score (nSPS) is 29.8. The van der Waals surface area contributed by atoms with Crippen molar-refractivity contribution in [1.29, 1.82) is 0 Å². The Bertz CT molecular complexity index is 959. The van der Waals surface area contributed by atoms with Crippen molar-refractivity contribution in [2.45, 2.75) is 76.7 Å². The van der Waals surface area contributed by atoms with E-state index in [-0.39, 0.29) is 5.41 Å². The van der Waals surface area contributed by atoms with Gasteiger partial charge in [0, 0.05) is 6.54 Å². The van der Waals surface area contributed by atoms with Crippen LogP contribution in [0.4, 0.5) is 0 Å². The summed E-state index contributed by atoms with van der Waals surface area (Å²) in [6.07, 6.45) is 6.23. The number of benzene rings is 1. The van der Waals surface area contributed by atoms with Gasteiger partial charge in [-0.1, -0.05) is 44.2 Å². The van der Waals surface area contributed by atoms with Gasteiger partial charge in [0.05, 0.1) is 24.2 Å². The van der Waals surface area contributed by atoms with E-state index in [9.17, 15) is 16.8 Å². The fourth-order valence-corrected chi connectivity index (χ4v) is 6.91. The molecule has 1 aliphatic heterocycles. The smallest absolute Gasteiger partial charge is 0.265 e. The van der Waals surface area contributed by atoms with E-state index in [0.29, 0.717) is 19.4 Å². The van der Waals surface area contributed by atoms with Gasteiger partial charge in [-0.25, -0.2) is 0 Å². The summed E-state index contributed by atoms with van der Waals surface area (Å²) in [4.78, 5) is 2.14. The van der Waals surface area contributed by atoms with Gasteiger partial charge in [-0.05, 0) is 55.9 Å². The molecular formula is C22H35NO6S2. The third kappa shape index (κ3) is 5.33. The minimum Gasteiger partial charge on any atom is -0.267 e. The quantitative estimate of drug-likeness (QED) is 0.533. The lowest BCUT2D eigenvalue weighted by Crippen LogP contribution is -2.57. The highest BCUT2D eigenvalue weighted by molar-refractivity contribution is 7.86. The van der Waals surface area contributed by atoms with Crippen LogP contribution in [0, 0.1) is 5.41 Å². The van der Waals surface area contributed by atoms with Gasteiger partial charge < -0.3 is 0 Å². The number of rotatable bonds is 8. The van der Waals surface area contributed by atoms with Crippen molar-refractivity contribution < 1.29 is 25.2 Å². The molecule has 0 radical (unpaired) electrons. The molecule has 3 rings (SSSR count). The van der Waals surface area contributed by atoms with E-state index in [1.807, 2.05) is 30.3 Å². The van der Waals surface area contributed by atoms with Crippen LogP contribution >= 0.6 is 0 Å². The minimum absolute atomic E-state index is 0.242. The second kappa shape index (κ2) is 9.09. The molecule has 2 fully saturated rings. The van der Waals surface area contributed by atoms with Crippen LogP contribution in [-0.2, 0) is 34.1 Å². The second-order valence-electron chi connectivity index (χ2n) is 9.05. The topological polar surface area (TPSA) is 90.0 Å². The summed E-state index contributed by atoms with van der Waals surface area (Å²) in [6.45, 7) is 4.86. The summed E-state index contributed by atoms with van der Waals surface area (Å²) >= 11 is 0. The Morgan fingerprint density at radius 3 is 2.13 bits per heavy atom. The van der Waals surface area contributed by atoms with Gasteiger partial charge in [0.2, 0.25) is 0 Å². The average molecular weight is 474 g/mol. The maximum absolute atomic E-state index is 12.2. The number of nitrogens with zero attached hydrogens (tertiary/aromatic N) is 1. The van der Waals surface area contributed by atoms with Gasteiger partial charge in [-0.3, -0.25) is 13.3 Å². The third-order valence-corrected chi connectivity index (χ3v) is 8.44. The summed E-state index contributed by atoms with van der Waals surface area (Å²) in [6, 6.07) is 9.96. The lowest BCUT2D eigenvalue weighted by atomic mass is 9.61. The Hall–Kier alpha value is -1.00. The Morgan fingerprint density at radius 2 is 1.58 bits per heavy atom. The van der Waals surface area contributed by atoms with Crippen LogP contribution in [0.25, 0.3) is 0 Å². The van der Waals surface area contributed by atoms with Crippen molar-refractivity contribution in [3.63, 3.8) is 0 Å². The molecule has 2 aliphatic rings. The Labute approximate surface area is 187 Å². The largest absolute Gasteiger partial charge is 0.267 e. The van der Waals surface area contributed by atoms with Crippen LogP contribution < -0.4 is 0 Å². The van der Waals surface area contributed by atoms with Gasteiger partial charge in [-0.15, -0.1) is 0 Å². The standard InChI is InChI=1S/C22H35NO6S2/c1-5-21(6-2)14-15-22(18-11-8-7-9-12-18,17-19(21)28-30(3,24)25)23-16-10-13-20(23)29-31(4,26)27/h7-9,11-12,19-20H,5-6,10,13-17H2,1-4H3. The first-order valence-electron chi connectivity index (χ1n) is 11.0. The highest BCUT2D eigenvalue weighted by atomic mass is 32.2. The van der Waals surface area contributed by atoms with Crippen LogP contribution in [0.3, 0.4) is 0 Å². The zero-order chi connectivity index (χ0) is 22.9. The maximum Gasteiger partial charge on any atom is 0.265 e. The zero-order valence-electron chi connectivity index (χ0n) is 18.9. The van der Waals surface area contributed by atoms with Gasteiger partial charge in [0.1, 0.15) is 6.23 Å². The molecule has 1 aromatic carbocycles. The summed E-state index contributed by atoms with van der Waals surface area (Å²) in [5.41, 5.74) is 0.242. The van der Waals surface area contributed by atoms with E-state index < -0.39 is 38.1 Å². The van der Waals surface area contributed by atoms with E-state index >= 15 is 0 Å². The monoisotopic (exact) mass is 473 g/mol. The lowest BCUT2D eigenvalue weighted by Gasteiger charge is -2.55. The Morgan fingerprint density at radius 1 is 0.968 bits per heavy atom. The minimum atomic E-state index is -3.66. The molecule has 0 amide bonds. The number of hydrogen-bond acceptors (Lipinski definition) is 7. The first-order chi connectivity index (χ1) is 14.4. The molecule has 0 aromatic heterocycles. The molecule has 1 aliphatic carbocycles. The molecule has 3 unspecified atom stereocenters. The van der Waals surface area contributed by atoms with Gasteiger partial charge in [0.25, 0.3) is 20.2 Å². The highest BCUT2D eigenvalue weighted by Gasteiger charge is 2.55. The van der Waals surface area contributed by atoms with Crippen LogP contribution in [-0.4, -0.2) is 53.1 Å². The first-order valence-corrected chi connectivity index (χ1v) is 14.7. The second-order valence-corrected chi connectivity index (χ2v) is 12.3. The van der Waals surface area contributed by atoms with Gasteiger partial charge in [0.15, 0.2) is 0 Å². The first kappa shape index (κ1) is 24.6. The van der Waals surface area contributed by atoms with Crippen LogP contribution in [0.1, 0.15) is 64.4 Å². The van der Waals surface area contributed by atoms with Crippen molar-refractivity contribution in [3.05, 3.63) is 35.9 Å². The average Bonchev–Trinajstić information content (AvgIpc) is 3.14. The fraction of sp³-hybridized carbons (Fsp3) is 0.727. The van der Waals surface area contributed by atoms with E-state index in [2.05, 4.69) is 18.7 Å². The number of hydrogen-bond donors (Lipinski definition) is 0. The molecule has 1 saturated heterocycles. The summed E-state index contributed by atoms with van der Waals surface area (Å²) in [7, 11) is -7.29. The van der Waals surface area contributed by atoms with Crippen molar-refractivity contribution in [1.82, 2.24) is 4.90 Å². The Kier molecular flexibility index (Phi) is 7.23. The molecule has 9 heteroatoms. The SMILES string of the molecule is CCC1(CC)CCC(c2ccccc2)(N2CCCC2OS(C)(=O)=O)CC1OS(C)(=O)=O. The molecule has 0 spiro atoms. The highest BCUT2D eigenvalue weighted by Crippen LogP contribution is 2.54. The predicted molar refractivity (Wildman–Crippen MR) is 120 cm³/mol. The molecule has 0 N–H and O–H groups in total. The van der Waals surface area contributed by atoms with Crippen LogP contribution in [0.15, 0.2) is 30.3 Å². The van der Waals surface area contributed by atoms with E-state index in [4.69, 9.17) is 8.37 Å². The molecule has 0 bridgehead atoms. The molecule has 3 atom stereocenters. The third-order valence-electron chi connectivity index (χ3n) is 7.29. The van der Waals surface area contributed by atoms with E-state index in [1.54, 1.807) is 0 Å².